The Morgan fingerprint density at radius 1 is 1.24 bits per heavy atom. The fourth-order valence-corrected chi connectivity index (χ4v) is 3.17. The lowest BCUT2D eigenvalue weighted by atomic mass is 10.0. The number of nitrogens with one attached hydrogen (secondary N) is 3. The number of aryl methyl sites for hydroxylation is 1. The maximum absolute atomic E-state index is 12.6. The summed E-state index contributed by atoms with van der Waals surface area (Å²) in [7, 11) is 1.54. The van der Waals surface area contributed by atoms with Gasteiger partial charge in [-0.05, 0) is 42.7 Å². The first kappa shape index (κ1) is 18.0. The van der Waals surface area contributed by atoms with Gasteiger partial charge in [-0.1, -0.05) is 35.3 Å². The van der Waals surface area contributed by atoms with Crippen LogP contribution in [0, 0.1) is 6.92 Å². The average molecular weight is 380 g/mol. The summed E-state index contributed by atoms with van der Waals surface area (Å²) in [6.45, 7) is 1.88. The van der Waals surface area contributed by atoms with Crippen molar-refractivity contribution in [2.24, 2.45) is 0 Å². The fourth-order valence-electron chi connectivity index (χ4n) is 2.82. The van der Waals surface area contributed by atoms with Crippen LogP contribution in [0.4, 0.5) is 5.69 Å². The molecule has 0 aromatic heterocycles. The summed E-state index contributed by atoms with van der Waals surface area (Å²) in [5.41, 5.74) is 8.68. The van der Waals surface area contributed by atoms with Gasteiger partial charge in [-0.15, -0.1) is 0 Å². The SMILES string of the molecule is COc1cc(Cl)c(C)cc1NC(=O)C1CC(c2cccc(Cl)c2)NN1. The highest BCUT2D eigenvalue weighted by Gasteiger charge is 2.30. The van der Waals surface area contributed by atoms with Crippen molar-refractivity contribution in [1.82, 2.24) is 10.9 Å². The molecule has 1 heterocycles. The molecule has 1 saturated heterocycles. The van der Waals surface area contributed by atoms with Crippen molar-refractivity contribution in [1.29, 1.82) is 0 Å². The first-order valence-electron chi connectivity index (χ1n) is 7.89. The minimum absolute atomic E-state index is 0.0169. The zero-order valence-electron chi connectivity index (χ0n) is 13.9. The number of rotatable bonds is 4. The second-order valence-electron chi connectivity index (χ2n) is 5.98. The standard InChI is InChI=1S/C18H19Cl2N3O2/c1-10-6-15(17(25-2)8-13(10)20)21-18(24)16-9-14(22-23-16)11-4-3-5-12(19)7-11/h3-8,14,16,22-23H,9H2,1-2H3,(H,21,24). The van der Waals surface area contributed by atoms with Crippen LogP contribution in [0.25, 0.3) is 0 Å². The van der Waals surface area contributed by atoms with Crippen molar-refractivity contribution < 1.29 is 9.53 Å². The van der Waals surface area contributed by atoms with E-state index in [2.05, 4.69) is 16.2 Å². The normalized spacial score (nSPS) is 19.7. The van der Waals surface area contributed by atoms with Gasteiger partial charge in [0.2, 0.25) is 5.91 Å². The van der Waals surface area contributed by atoms with Gasteiger partial charge in [-0.25, -0.2) is 10.9 Å². The summed E-state index contributed by atoms with van der Waals surface area (Å²) >= 11 is 12.1. The van der Waals surface area contributed by atoms with E-state index < -0.39 is 0 Å². The molecule has 3 N–H and O–H groups in total. The van der Waals surface area contributed by atoms with Crippen molar-refractivity contribution >= 4 is 34.8 Å². The van der Waals surface area contributed by atoms with E-state index in [1.807, 2.05) is 31.2 Å². The molecule has 0 saturated carbocycles. The van der Waals surface area contributed by atoms with Crippen molar-refractivity contribution in [2.75, 3.05) is 12.4 Å². The molecule has 1 amide bonds. The Kier molecular flexibility index (Phi) is 5.49. The number of methoxy groups -OCH3 is 1. The molecule has 2 aromatic rings. The lowest BCUT2D eigenvalue weighted by molar-refractivity contribution is -0.117. The monoisotopic (exact) mass is 379 g/mol. The van der Waals surface area contributed by atoms with Crippen molar-refractivity contribution in [3.05, 3.63) is 57.6 Å². The smallest absolute Gasteiger partial charge is 0.243 e. The number of anilines is 1. The van der Waals surface area contributed by atoms with Crippen molar-refractivity contribution in [2.45, 2.75) is 25.4 Å². The van der Waals surface area contributed by atoms with E-state index in [1.165, 1.54) is 0 Å². The van der Waals surface area contributed by atoms with Crippen LogP contribution in [0.2, 0.25) is 10.0 Å². The van der Waals surface area contributed by atoms with E-state index in [4.69, 9.17) is 27.9 Å². The zero-order chi connectivity index (χ0) is 18.0. The van der Waals surface area contributed by atoms with Crippen LogP contribution in [0.5, 0.6) is 5.75 Å². The molecule has 0 spiro atoms. The van der Waals surface area contributed by atoms with Gasteiger partial charge in [0, 0.05) is 22.2 Å². The van der Waals surface area contributed by atoms with Gasteiger partial charge in [0.25, 0.3) is 0 Å². The topological polar surface area (TPSA) is 62.4 Å². The number of carbonyl (C=O) groups is 1. The minimum Gasteiger partial charge on any atom is -0.495 e. The number of halogens is 2. The van der Waals surface area contributed by atoms with Gasteiger partial charge >= 0.3 is 0 Å². The Bertz CT molecular complexity index is 798. The van der Waals surface area contributed by atoms with Crippen LogP contribution < -0.4 is 20.9 Å². The summed E-state index contributed by atoms with van der Waals surface area (Å²) in [5.74, 6) is 0.387. The molecule has 3 rings (SSSR count). The largest absolute Gasteiger partial charge is 0.495 e. The van der Waals surface area contributed by atoms with Crippen LogP contribution in [0.1, 0.15) is 23.6 Å². The Balaban J connectivity index is 1.70. The number of ether oxygens (including phenoxy) is 1. The molecule has 5 nitrogen and oxygen atoms in total. The van der Waals surface area contributed by atoms with Crippen LogP contribution in [-0.2, 0) is 4.79 Å². The van der Waals surface area contributed by atoms with E-state index in [0.29, 0.717) is 27.9 Å². The molecule has 0 aliphatic carbocycles. The number of amides is 1. The summed E-state index contributed by atoms with van der Waals surface area (Å²) in [4.78, 5) is 12.6. The third kappa shape index (κ3) is 4.07. The molecule has 2 aromatic carbocycles. The first-order valence-corrected chi connectivity index (χ1v) is 8.65. The van der Waals surface area contributed by atoms with Crippen LogP contribution in [-0.4, -0.2) is 19.1 Å². The van der Waals surface area contributed by atoms with Gasteiger partial charge in [0.15, 0.2) is 0 Å². The highest BCUT2D eigenvalue weighted by atomic mass is 35.5. The Hall–Kier alpha value is -1.79. The van der Waals surface area contributed by atoms with E-state index >= 15 is 0 Å². The molecule has 1 fully saturated rings. The number of hydrogen-bond acceptors (Lipinski definition) is 4. The predicted octanol–water partition coefficient (Wildman–Crippen LogP) is 3.86. The number of hydrazine groups is 1. The molecule has 1 aliphatic heterocycles. The van der Waals surface area contributed by atoms with E-state index in [9.17, 15) is 4.79 Å². The van der Waals surface area contributed by atoms with Crippen molar-refractivity contribution in [3.63, 3.8) is 0 Å². The zero-order valence-corrected chi connectivity index (χ0v) is 15.4. The lowest BCUT2D eigenvalue weighted by Crippen LogP contribution is -2.39. The van der Waals surface area contributed by atoms with E-state index in [1.54, 1.807) is 19.2 Å². The summed E-state index contributed by atoms with van der Waals surface area (Å²) in [6, 6.07) is 10.7. The third-order valence-electron chi connectivity index (χ3n) is 4.21. The second-order valence-corrected chi connectivity index (χ2v) is 6.82. The minimum atomic E-state index is -0.371. The van der Waals surface area contributed by atoms with E-state index in [0.717, 1.165) is 11.1 Å². The Morgan fingerprint density at radius 3 is 2.76 bits per heavy atom. The van der Waals surface area contributed by atoms with Gasteiger partial charge in [-0.3, -0.25) is 4.79 Å². The lowest BCUT2D eigenvalue weighted by Gasteiger charge is -2.15. The van der Waals surface area contributed by atoms with Crippen LogP contribution >= 0.6 is 23.2 Å². The second kappa shape index (κ2) is 7.62. The average Bonchev–Trinajstić information content (AvgIpc) is 3.08. The van der Waals surface area contributed by atoms with Crippen LogP contribution in [0.15, 0.2) is 36.4 Å². The summed E-state index contributed by atoms with van der Waals surface area (Å²) in [6.07, 6.45) is 0.612. The quantitative estimate of drug-likeness (QED) is 0.754. The maximum atomic E-state index is 12.6. The molecule has 7 heteroatoms. The number of hydrogen-bond donors (Lipinski definition) is 3. The Morgan fingerprint density at radius 2 is 2.04 bits per heavy atom. The van der Waals surface area contributed by atoms with E-state index in [-0.39, 0.29) is 18.0 Å². The molecule has 0 radical (unpaired) electrons. The van der Waals surface area contributed by atoms with Crippen molar-refractivity contribution in [3.8, 4) is 5.75 Å². The number of benzene rings is 2. The molecule has 2 unspecified atom stereocenters. The third-order valence-corrected chi connectivity index (χ3v) is 4.85. The number of carbonyl (C=O) groups excluding carboxylic acids is 1. The van der Waals surface area contributed by atoms with Gasteiger partial charge in [-0.2, -0.15) is 0 Å². The molecule has 132 valence electrons. The molecule has 0 bridgehead atoms. The van der Waals surface area contributed by atoms with Crippen LogP contribution in [0.3, 0.4) is 0 Å². The molecule has 25 heavy (non-hydrogen) atoms. The molecule has 1 aliphatic rings. The molecule has 2 atom stereocenters. The molecular weight excluding hydrogens is 361 g/mol. The van der Waals surface area contributed by atoms with Gasteiger partial charge in [0.1, 0.15) is 11.8 Å². The highest BCUT2D eigenvalue weighted by Crippen LogP contribution is 2.32. The first-order chi connectivity index (χ1) is 12.0. The van der Waals surface area contributed by atoms with Gasteiger partial charge in [0.05, 0.1) is 12.8 Å². The molecular formula is C18H19Cl2N3O2. The highest BCUT2D eigenvalue weighted by molar-refractivity contribution is 6.31. The fraction of sp³-hybridized carbons (Fsp3) is 0.278. The Labute approximate surface area is 156 Å². The summed E-state index contributed by atoms with van der Waals surface area (Å²) in [5, 5.41) is 4.17. The predicted molar refractivity (Wildman–Crippen MR) is 100 cm³/mol. The maximum Gasteiger partial charge on any atom is 0.243 e. The summed E-state index contributed by atoms with van der Waals surface area (Å²) < 4.78 is 5.30. The van der Waals surface area contributed by atoms with Gasteiger partial charge < -0.3 is 10.1 Å².